The minimum absolute atomic E-state index is 0.0944. The number of alkyl halides is 3. The maximum atomic E-state index is 13.0. The van der Waals surface area contributed by atoms with Crippen LogP contribution in [0.15, 0.2) is 36.7 Å². The Balaban J connectivity index is 2.09. The van der Waals surface area contributed by atoms with Crippen LogP contribution in [-0.2, 0) is 6.18 Å². The number of nitrogens with one attached hydrogen (secondary N) is 1. The third-order valence-electron chi connectivity index (χ3n) is 3.07. The number of hydrogen-bond acceptors (Lipinski definition) is 4. The number of aromatic nitrogens is 4. The third kappa shape index (κ3) is 2.98. The fourth-order valence-electron chi connectivity index (χ4n) is 2.02. The molecular weight excluding hydrogens is 333 g/mol. The van der Waals surface area contributed by atoms with E-state index in [-0.39, 0.29) is 28.5 Å². The number of aromatic hydroxyl groups is 1. The van der Waals surface area contributed by atoms with Crippen molar-refractivity contribution < 1.29 is 18.3 Å². The molecule has 0 saturated heterocycles. The fourth-order valence-corrected chi connectivity index (χ4v) is 2.19. The first-order valence-electron chi connectivity index (χ1n) is 6.29. The molecule has 118 valence electrons. The van der Waals surface area contributed by atoms with Crippen LogP contribution in [0.1, 0.15) is 5.56 Å². The van der Waals surface area contributed by atoms with Crippen LogP contribution in [0.5, 0.6) is 5.75 Å². The van der Waals surface area contributed by atoms with E-state index in [9.17, 15) is 18.3 Å². The van der Waals surface area contributed by atoms with Gasteiger partial charge in [-0.25, -0.2) is 4.98 Å². The Morgan fingerprint density at radius 2 is 1.91 bits per heavy atom. The van der Waals surface area contributed by atoms with Gasteiger partial charge in [0.1, 0.15) is 5.75 Å². The van der Waals surface area contributed by atoms with Crippen molar-refractivity contribution in [2.75, 3.05) is 0 Å². The molecular formula is C14H8ClF3N4O. The van der Waals surface area contributed by atoms with Gasteiger partial charge in [0.05, 0.1) is 16.7 Å². The average molecular weight is 341 g/mol. The van der Waals surface area contributed by atoms with Gasteiger partial charge < -0.3 is 5.11 Å². The van der Waals surface area contributed by atoms with Gasteiger partial charge in [-0.1, -0.05) is 11.6 Å². The zero-order valence-corrected chi connectivity index (χ0v) is 12.0. The summed E-state index contributed by atoms with van der Waals surface area (Å²) < 4.78 is 39.1. The van der Waals surface area contributed by atoms with Crippen molar-refractivity contribution in [2.45, 2.75) is 6.18 Å². The second kappa shape index (κ2) is 5.54. The molecule has 1 aromatic carbocycles. The standard InChI is InChI=1S/C14H8ClF3N4O/c15-7-1-2-11(23)8(5-7)12-20-13(22-21-12)9-6-19-4-3-10(9)14(16,17)18/h1-6,23H,(H,20,21,22). The van der Waals surface area contributed by atoms with E-state index in [1.807, 2.05) is 0 Å². The summed E-state index contributed by atoms with van der Waals surface area (Å²) in [5.41, 5.74) is -0.925. The first-order valence-corrected chi connectivity index (χ1v) is 6.67. The molecule has 2 N–H and O–H groups in total. The number of H-pyrrole nitrogens is 1. The predicted octanol–water partition coefficient (Wildman–Crippen LogP) is 3.91. The Kier molecular flexibility index (Phi) is 3.69. The number of hydrogen-bond donors (Lipinski definition) is 2. The molecule has 0 fully saturated rings. The molecule has 0 atom stereocenters. The first kappa shape index (κ1) is 15.3. The van der Waals surface area contributed by atoms with Gasteiger partial charge in [0.25, 0.3) is 0 Å². The van der Waals surface area contributed by atoms with E-state index in [1.165, 1.54) is 18.2 Å². The molecule has 2 aromatic heterocycles. The summed E-state index contributed by atoms with van der Waals surface area (Å²) in [5.74, 6) is -0.212. The maximum Gasteiger partial charge on any atom is 0.417 e. The molecule has 0 aliphatic carbocycles. The highest BCUT2D eigenvalue weighted by atomic mass is 35.5. The number of aromatic amines is 1. The molecule has 0 unspecified atom stereocenters. The molecule has 0 radical (unpaired) electrons. The summed E-state index contributed by atoms with van der Waals surface area (Å²) in [6.45, 7) is 0. The molecule has 0 bridgehead atoms. The topological polar surface area (TPSA) is 74.7 Å². The quantitative estimate of drug-likeness (QED) is 0.741. The van der Waals surface area contributed by atoms with E-state index in [4.69, 9.17) is 11.6 Å². The maximum absolute atomic E-state index is 13.0. The van der Waals surface area contributed by atoms with Crippen LogP contribution in [0.25, 0.3) is 22.8 Å². The molecule has 23 heavy (non-hydrogen) atoms. The van der Waals surface area contributed by atoms with Crippen LogP contribution in [0.2, 0.25) is 5.02 Å². The summed E-state index contributed by atoms with van der Waals surface area (Å²) in [6.07, 6.45) is -2.48. The lowest BCUT2D eigenvalue weighted by Crippen LogP contribution is -2.07. The highest BCUT2D eigenvalue weighted by Crippen LogP contribution is 2.36. The van der Waals surface area contributed by atoms with Gasteiger partial charge in [0, 0.05) is 17.4 Å². The van der Waals surface area contributed by atoms with Gasteiger partial charge in [-0.05, 0) is 24.3 Å². The number of rotatable bonds is 2. The Labute approximate surface area is 132 Å². The van der Waals surface area contributed by atoms with Crippen molar-refractivity contribution in [2.24, 2.45) is 0 Å². The first-order chi connectivity index (χ1) is 10.9. The molecule has 0 saturated carbocycles. The van der Waals surface area contributed by atoms with Crippen molar-refractivity contribution in [3.8, 4) is 28.5 Å². The number of benzene rings is 1. The van der Waals surface area contributed by atoms with E-state index in [0.29, 0.717) is 5.02 Å². The smallest absolute Gasteiger partial charge is 0.417 e. The van der Waals surface area contributed by atoms with E-state index in [0.717, 1.165) is 18.5 Å². The Hall–Kier alpha value is -2.61. The van der Waals surface area contributed by atoms with Crippen molar-refractivity contribution >= 4 is 11.6 Å². The number of nitrogens with zero attached hydrogens (tertiary/aromatic N) is 3. The largest absolute Gasteiger partial charge is 0.507 e. The van der Waals surface area contributed by atoms with Gasteiger partial charge in [-0.2, -0.15) is 18.3 Å². The van der Waals surface area contributed by atoms with Crippen molar-refractivity contribution in [1.29, 1.82) is 0 Å². The lowest BCUT2D eigenvalue weighted by atomic mass is 10.1. The highest BCUT2D eigenvalue weighted by molar-refractivity contribution is 6.30. The number of phenols is 1. The molecule has 0 aliphatic heterocycles. The van der Waals surface area contributed by atoms with Crippen molar-refractivity contribution in [3.63, 3.8) is 0 Å². The zero-order valence-electron chi connectivity index (χ0n) is 11.3. The van der Waals surface area contributed by atoms with Crippen LogP contribution in [-0.4, -0.2) is 25.3 Å². The molecule has 0 spiro atoms. The molecule has 9 heteroatoms. The van der Waals surface area contributed by atoms with Crippen LogP contribution < -0.4 is 0 Å². The van der Waals surface area contributed by atoms with Crippen LogP contribution in [0.3, 0.4) is 0 Å². The molecule has 3 rings (SSSR count). The van der Waals surface area contributed by atoms with E-state index < -0.39 is 11.7 Å². The number of pyridine rings is 1. The Morgan fingerprint density at radius 1 is 1.13 bits per heavy atom. The molecule has 3 aromatic rings. The van der Waals surface area contributed by atoms with Gasteiger partial charge in [-0.3, -0.25) is 10.1 Å². The van der Waals surface area contributed by atoms with Crippen LogP contribution in [0.4, 0.5) is 13.2 Å². The SMILES string of the molecule is Oc1ccc(Cl)cc1-c1nc(-c2cnccc2C(F)(F)F)n[nH]1. The van der Waals surface area contributed by atoms with Crippen LogP contribution in [0, 0.1) is 0 Å². The molecule has 5 nitrogen and oxygen atoms in total. The molecule has 0 aliphatic rings. The second-order valence-electron chi connectivity index (χ2n) is 4.59. The van der Waals surface area contributed by atoms with Gasteiger partial charge in [0.2, 0.25) is 0 Å². The third-order valence-corrected chi connectivity index (χ3v) is 3.30. The minimum Gasteiger partial charge on any atom is -0.507 e. The van der Waals surface area contributed by atoms with Crippen molar-refractivity contribution in [1.82, 2.24) is 20.2 Å². The monoisotopic (exact) mass is 340 g/mol. The van der Waals surface area contributed by atoms with Crippen LogP contribution >= 0.6 is 11.6 Å². The number of phenolic OH excluding ortho intramolecular Hbond substituents is 1. The lowest BCUT2D eigenvalue weighted by Gasteiger charge is -2.09. The fraction of sp³-hybridized carbons (Fsp3) is 0.0714. The lowest BCUT2D eigenvalue weighted by molar-refractivity contribution is -0.137. The van der Waals surface area contributed by atoms with E-state index in [2.05, 4.69) is 20.2 Å². The molecule has 0 amide bonds. The second-order valence-corrected chi connectivity index (χ2v) is 5.02. The van der Waals surface area contributed by atoms with Gasteiger partial charge >= 0.3 is 6.18 Å². The Bertz CT molecular complexity index is 863. The summed E-state index contributed by atoms with van der Waals surface area (Å²) in [5, 5.41) is 16.4. The predicted molar refractivity (Wildman–Crippen MR) is 76.7 cm³/mol. The summed E-state index contributed by atoms with van der Waals surface area (Å²) in [7, 11) is 0. The van der Waals surface area contributed by atoms with E-state index in [1.54, 1.807) is 0 Å². The van der Waals surface area contributed by atoms with Gasteiger partial charge in [-0.15, -0.1) is 0 Å². The minimum atomic E-state index is -4.56. The van der Waals surface area contributed by atoms with Gasteiger partial charge in [0.15, 0.2) is 11.6 Å². The molecule has 2 heterocycles. The normalized spacial score (nSPS) is 11.7. The average Bonchev–Trinajstić information content (AvgIpc) is 2.98. The summed E-state index contributed by atoms with van der Waals surface area (Å²) >= 11 is 5.84. The summed E-state index contributed by atoms with van der Waals surface area (Å²) in [4.78, 5) is 7.69. The van der Waals surface area contributed by atoms with Crippen molar-refractivity contribution in [3.05, 3.63) is 47.2 Å². The highest BCUT2D eigenvalue weighted by Gasteiger charge is 2.34. The number of halogens is 4. The summed E-state index contributed by atoms with van der Waals surface area (Å²) in [6, 6.07) is 5.10. The Morgan fingerprint density at radius 3 is 2.65 bits per heavy atom. The zero-order chi connectivity index (χ0) is 16.6. The van der Waals surface area contributed by atoms with E-state index >= 15 is 0 Å².